The molecule has 22 heavy (non-hydrogen) atoms. The van der Waals surface area contributed by atoms with E-state index in [2.05, 4.69) is 4.99 Å². The zero-order valence-corrected chi connectivity index (χ0v) is 14.2. The predicted molar refractivity (Wildman–Crippen MR) is 91.8 cm³/mol. The van der Waals surface area contributed by atoms with E-state index in [1.807, 2.05) is 25.1 Å². The molecule has 1 unspecified atom stereocenters. The minimum Gasteiger partial charge on any atom is -0.758 e. The van der Waals surface area contributed by atoms with Crippen LogP contribution >= 0.6 is 23.2 Å². The molecular weight excluding hydrogens is 339 g/mol. The maximum Gasteiger partial charge on any atom is 0.237 e. The second-order valence-corrected chi connectivity index (χ2v) is 5.79. The van der Waals surface area contributed by atoms with E-state index in [1.54, 1.807) is 35.2 Å². The highest BCUT2D eigenvalue weighted by atomic mass is 35.5. The predicted octanol–water partition coefficient (Wildman–Crippen LogP) is 3.67. The van der Waals surface area contributed by atoms with Crippen molar-refractivity contribution < 1.29 is 9.36 Å². The molecule has 0 fully saturated rings. The number of aromatic nitrogens is 1. The molecule has 0 spiro atoms. The van der Waals surface area contributed by atoms with E-state index in [9.17, 15) is 4.79 Å². The number of carbonyl (C=O) groups excluding carboxylic acids is 1. The molecule has 1 aromatic heterocycles. The summed E-state index contributed by atoms with van der Waals surface area (Å²) < 4.78 is 1.73. The highest BCUT2D eigenvalue weighted by Crippen LogP contribution is 2.24. The average molecular weight is 353 g/mol. The van der Waals surface area contributed by atoms with Crippen LogP contribution in [0.5, 0.6) is 0 Å². The first-order valence-electron chi connectivity index (χ1n) is 6.71. The van der Waals surface area contributed by atoms with Crippen LogP contribution in [0, 0.1) is 0 Å². The van der Waals surface area contributed by atoms with Crippen molar-refractivity contribution in [2.24, 2.45) is 4.99 Å². The van der Waals surface area contributed by atoms with Crippen LogP contribution in [0.4, 0.5) is 0 Å². The number of hydrogen-bond acceptors (Lipinski definition) is 3. The molecule has 0 amide bonds. The molecule has 3 nitrogen and oxygen atoms in total. The molecule has 1 aromatic carbocycles. The molecule has 1 atom stereocenters. The van der Waals surface area contributed by atoms with Crippen LogP contribution in [0.2, 0.25) is 10.0 Å². The van der Waals surface area contributed by atoms with Gasteiger partial charge in [0.25, 0.3) is 0 Å². The van der Waals surface area contributed by atoms with E-state index in [0.29, 0.717) is 27.2 Å². The van der Waals surface area contributed by atoms with Crippen molar-refractivity contribution in [3.05, 3.63) is 64.4 Å². The van der Waals surface area contributed by atoms with Gasteiger partial charge in [0.2, 0.25) is 11.8 Å². The maximum absolute atomic E-state index is 12.9. The second-order valence-electron chi connectivity index (χ2n) is 4.53. The lowest BCUT2D eigenvalue weighted by Gasteiger charge is -2.18. The minimum atomic E-state index is -0.699. The van der Waals surface area contributed by atoms with Crippen molar-refractivity contribution >= 4 is 46.7 Å². The number of aliphatic imine (C=N–C) groups is 1. The Labute approximate surface area is 145 Å². The number of rotatable bonds is 5. The summed E-state index contributed by atoms with van der Waals surface area (Å²) >= 11 is 17.4. The van der Waals surface area contributed by atoms with E-state index in [-0.39, 0.29) is 5.78 Å². The van der Waals surface area contributed by atoms with Gasteiger partial charge in [0.15, 0.2) is 12.4 Å². The minimum absolute atomic E-state index is 0.208. The van der Waals surface area contributed by atoms with Crippen LogP contribution in [0.15, 0.2) is 53.8 Å². The van der Waals surface area contributed by atoms with Gasteiger partial charge in [-0.3, -0.25) is 4.79 Å². The van der Waals surface area contributed by atoms with E-state index >= 15 is 0 Å². The van der Waals surface area contributed by atoms with Gasteiger partial charge < -0.3 is 17.6 Å². The molecule has 0 aliphatic heterocycles. The van der Waals surface area contributed by atoms with Crippen molar-refractivity contribution in [2.45, 2.75) is 13.0 Å². The van der Waals surface area contributed by atoms with Crippen LogP contribution in [-0.2, 0) is 12.6 Å². The number of benzene rings is 1. The van der Waals surface area contributed by atoms with Gasteiger partial charge in [0, 0.05) is 29.3 Å². The third-order valence-electron chi connectivity index (χ3n) is 3.03. The molecule has 1 heterocycles. The SMILES string of the molecule is CCN=C([S-])C(C(=O)c1ccc(Cl)cc1Cl)[n+]1ccccc1. The molecule has 114 valence electrons. The number of carbonyl (C=O) groups is 1. The average Bonchev–Trinajstić information content (AvgIpc) is 2.48. The van der Waals surface area contributed by atoms with Crippen molar-refractivity contribution in [3.8, 4) is 0 Å². The Kier molecular flexibility index (Phi) is 5.89. The number of halogens is 2. The summed E-state index contributed by atoms with van der Waals surface area (Å²) in [6, 6.07) is 9.62. The third-order valence-corrected chi connectivity index (χ3v) is 3.93. The summed E-state index contributed by atoms with van der Waals surface area (Å²) in [6.45, 7) is 2.39. The van der Waals surface area contributed by atoms with Gasteiger partial charge in [-0.15, -0.1) is 0 Å². The number of hydrogen-bond donors (Lipinski definition) is 0. The molecular formula is C16H14Cl2N2OS. The van der Waals surface area contributed by atoms with Crippen LogP contribution in [0.3, 0.4) is 0 Å². The first-order valence-corrected chi connectivity index (χ1v) is 7.87. The Morgan fingerprint density at radius 2 is 1.95 bits per heavy atom. The summed E-state index contributed by atoms with van der Waals surface area (Å²) in [5.74, 6) is -0.208. The van der Waals surface area contributed by atoms with E-state index in [1.165, 1.54) is 0 Å². The van der Waals surface area contributed by atoms with Gasteiger partial charge in [-0.05, 0) is 30.2 Å². The molecule has 0 N–H and O–H groups in total. The quantitative estimate of drug-likeness (QED) is 0.270. The van der Waals surface area contributed by atoms with Crippen molar-refractivity contribution in [1.82, 2.24) is 0 Å². The number of Topliss-reactive ketones (excluding diaryl/α,β-unsaturated/α-hetero) is 1. The molecule has 0 aliphatic rings. The van der Waals surface area contributed by atoms with Gasteiger partial charge in [0.1, 0.15) is 0 Å². The van der Waals surface area contributed by atoms with Crippen LogP contribution in [-0.4, -0.2) is 17.4 Å². The van der Waals surface area contributed by atoms with Crippen LogP contribution in [0.25, 0.3) is 0 Å². The Morgan fingerprint density at radius 1 is 1.27 bits per heavy atom. The fourth-order valence-electron chi connectivity index (χ4n) is 2.04. The van der Waals surface area contributed by atoms with Gasteiger partial charge in [-0.2, -0.15) is 4.57 Å². The normalized spacial score (nSPS) is 13.0. The Balaban J connectivity index is 2.49. The topological polar surface area (TPSA) is 33.3 Å². The van der Waals surface area contributed by atoms with Gasteiger partial charge in [0.05, 0.1) is 5.02 Å². The Hall–Kier alpha value is -1.49. The fourth-order valence-corrected chi connectivity index (χ4v) is 2.90. The van der Waals surface area contributed by atoms with Gasteiger partial charge in [-0.25, -0.2) is 0 Å². The van der Waals surface area contributed by atoms with Crippen LogP contribution in [0.1, 0.15) is 23.3 Å². The molecule has 0 bridgehead atoms. The van der Waals surface area contributed by atoms with E-state index in [0.717, 1.165) is 0 Å². The summed E-state index contributed by atoms with van der Waals surface area (Å²) in [5.41, 5.74) is 0.376. The van der Waals surface area contributed by atoms with Crippen molar-refractivity contribution in [3.63, 3.8) is 0 Å². The van der Waals surface area contributed by atoms with Crippen LogP contribution < -0.4 is 4.57 Å². The smallest absolute Gasteiger partial charge is 0.237 e. The van der Waals surface area contributed by atoms with Crippen molar-refractivity contribution in [1.29, 1.82) is 0 Å². The summed E-state index contributed by atoms with van der Waals surface area (Å²) in [4.78, 5) is 17.1. The van der Waals surface area contributed by atoms with E-state index < -0.39 is 6.04 Å². The lowest BCUT2D eigenvalue weighted by atomic mass is 10.0. The standard InChI is InChI=1S/C16H14Cl2N2OS/c1-2-19-16(22)14(20-8-4-3-5-9-20)15(21)12-7-6-11(17)10-13(12)18/h3-10,14H,2H2,1H3. The van der Waals surface area contributed by atoms with Gasteiger partial charge >= 0.3 is 0 Å². The van der Waals surface area contributed by atoms with Gasteiger partial charge in [-0.1, -0.05) is 29.3 Å². The molecule has 0 aliphatic carbocycles. The molecule has 6 heteroatoms. The maximum atomic E-state index is 12.9. The number of pyridine rings is 1. The van der Waals surface area contributed by atoms with E-state index in [4.69, 9.17) is 35.8 Å². The summed E-state index contributed by atoms with van der Waals surface area (Å²) in [7, 11) is 0. The molecule has 0 saturated carbocycles. The fraction of sp³-hybridized carbons (Fsp3) is 0.188. The molecule has 0 saturated heterocycles. The first kappa shape index (κ1) is 16.9. The lowest BCUT2D eigenvalue weighted by Crippen LogP contribution is -2.47. The largest absolute Gasteiger partial charge is 0.758 e. The lowest BCUT2D eigenvalue weighted by molar-refractivity contribution is -0.691. The molecule has 0 radical (unpaired) electrons. The second kappa shape index (κ2) is 7.68. The number of nitrogens with zero attached hydrogens (tertiary/aromatic N) is 2. The monoisotopic (exact) mass is 352 g/mol. The van der Waals surface area contributed by atoms with Crippen molar-refractivity contribution in [2.75, 3.05) is 6.54 Å². The molecule has 2 rings (SSSR count). The Morgan fingerprint density at radius 3 is 2.55 bits per heavy atom. The summed E-state index contributed by atoms with van der Waals surface area (Å²) in [5, 5.41) is 1.11. The highest BCUT2D eigenvalue weighted by molar-refractivity contribution is 7.77. The third kappa shape index (κ3) is 3.83. The number of ketones is 1. The molecule has 2 aromatic rings. The zero-order chi connectivity index (χ0) is 16.1. The first-order chi connectivity index (χ1) is 10.5. The highest BCUT2D eigenvalue weighted by Gasteiger charge is 2.29. The Bertz CT molecular complexity index is 705. The zero-order valence-electron chi connectivity index (χ0n) is 11.9. The summed E-state index contributed by atoms with van der Waals surface area (Å²) in [6.07, 6.45) is 3.56.